The van der Waals surface area contributed by atoms with E-state index in [1.165, 1.54) is 25.7 Å². The van der Waals surface area contributed by atoms with Gasteiger partial charge in [0.05, 0.1) is 48.6 Å². The highest BCUT2D eigenvalue weighted by Gasteiger charge is 2.68. The lowest BCUT2D eigenvalue weighted by atomic mass is 9.62. The van der Waals surface area contributed by atoms with Crippen LogP contribution < -0.4 is 22.1 Å². The monoisotopic (exact) mass is 687 g/mol. The van der Waals surface area contributed by atoms with E-state index in [1.54, 1.807) is 0 Å². The summed E-state index contributed by atoms with van der Waals surface area (Å²) in [7, 11) is 0. The SMILES string of the molecule is CC1CC(=O)C2C(CC3OC(C)(C)[C@@H]4OC(=O)[C@@]5(CCCC[C@H]4C3C2O)O[C@@H]5CC2(C3CC(N)[NH2+]C(C4CCNC(N)C4)C3)CCCC2)O1. The topological polar surface area (TPSA) is 175 Å². The Labute approximate surface area is 292 Å². The molecule has 8 N–H and O–H groups in total. The Morgan fingerprint density at radius 2 is 1.73 bits per heavy atom. The number of ether oxygens (including phenoxy) is 4. The molecule has 6 heterocycles. The van der Waals surface area contributed by atoms with Crippen molar-refractivity contribution in [2.45, 2.75) is 183 Å². The molecule has 0 aromatic carbocycles. The van der Waals surface area contributed by atoms with Gasteiger partial charge in [-0.1, -0.05) is 19.3 Å². The van der Waals surface area contributed by atoms with Gasteiger partial charge in [-0.3, -0.25) is 10.5 Å². The third-order valence-corrected chi connectivity index (χ3v) is 14.8. The molecule has 11 heteroatoms. The molecule has 0 amide bonds. The molecule has 8 rings (SSSR count). The largest absolute Gasteiger partial charge is 0.457 e. The minimum absolute atomic E-state index is 0.0641. The molecule has 0 bridgehead atoms. The van der Waals surface area contributed by atoms with Gasteiger partial charge in [0.2, 0.25) is 0 Å². The summed E-state index contributed by atoms with van der Waals surface area (Å²) in [5.41, 5.74) is 11.6. The Morgan fingerprint density at radius 1 is 0.959 bits per heavy atom. The van der Waals surface area contributed by atoms with Crippen LogP contribution in [0.4, 0.5) is 0 Å². The van der Waals surface area contributed by atoms with Crippen molar-refractivity contribution in [3.63, 3.8) is 0 Å². The van der Waals surface area contributed by atoms with Gasteiger partial charge < -0.3 is 40.4 Å². The zero-order valence-electron chi connectivity index (χ0n) is 30.0. The van der Waals surface area contributed by atoms with E-state index in [9.17, 15) is 14.7 Å². The number of hydrogen-bond acceptors (Lipinski definition) is 10. The molecule has 6 saturated heterocycles. The first-order valence-electron chi connectivity index (χ1n) is 19.9. The molecule has 0 aromatic heterocycles. The van der Waals surface area contributed by atoms with Crippen LogP contribution in [0.3, 0.4) is 0 Å². The number of esters is 1. The van der Waals surface area contributed by atoms with Crippen molar-refractivity contribution in [2.24, 2.45) is 46.5 Å². The predicted molar refractivity (Wildman–Crippen MR) is 181 cm³/mol. The van der Waals surface area contributed by atoms with E-state index in [0.29, 0.717) is 37.1 Å². The smallest absolute Gasteiger partial charge is 0.341 e. The van der Waals surface area contributed by atoms with E-state index in [4.69, 9.17) is 30.4 Å². The minimum Gasteiger partial charge on any atom is -0.457 e. The number of nitrogens with one attached hydrogen (secondary N) is 1. The summed E-state index contributed by atoms with van der Waals surface area (Å²) < 4.78 is 26.1. The average molecular weight is 688 g/mol. The zero-order chi connectivity index (χ0) is 34.3. The molecule has 0 radical (unpaired) electrons. The van der Waals surface area contributed by atoms with Crippen LogP contribution in [0.2, 0.25) is 0 Å². The molecule has 0 aromatic rings. The van der Waals surface area contributed by atoms with Gasteiger partial charge in [0, 0.05) is 43.4 Å². The van der Waals surface area contributed by atoms with Gasteiger partial charge in [-0.15, -0.1) is 0 Å². The third kappa shape index (κ3) is 6.24. The molecule has 276 valence electrons. The fourth-order valence-corrected chi connectivity index (χ4v) is 12.5. The molecule has 2 aliphatic carbocycles. The highest BCUT2D eigenvalue weighted by Crippen LogP contribution is 2.59. The molecule has 49 heavy (non-hydrogen) atoms. The van der Waals surface area contributed by atoms with E-state index < -0.39 is 29.3 Å². The minimum atomic E-state index is -0.916. The van der Waals surface area contributed by atoms with Crippen LogP contribution in [-0.2, 0) is 28.5 Å². The zero-order valence-corrected chi connectivity index (χ0v) is 30.0. The lowest BCUT2D eigenvalue weighted by molar-refractivity contribution is -0.739. The number of epoxide rings is 1. The normalized spacial score (nSPS) is 51.0. The maximum absolute atomic E-state index is 14.4. The van der Waals surface area contributed by atoms with E-state index in [1.807, 2.05) is 20.8 Å². The summed E-state index contributed by atoms with van der Waals surface area (Å²) in [6.07, 6.45) is 12.0. The summed E-state index contributed by atoms with van der Waals surface area (Å²) >= 11 is 0. The maximum atomic E-state index is 14.4. The Kier molecular flexibility index (Phi) is 9.28. The maximum Gasteiger partial charge on any atom is 0.341 e. The fourth-order valence-electron chi connectivity index (χ4n) is 12.5. The van der Waals surface area contributed by atoms with Crippen LogP contribution in [0.15, 0.2) is 0 Å². The Hall–Kier alpha value is -1.18. The highest BCUT2D eigenvalue weighted by atomic mass is 16.7. The van der Waals surface area contributed by atoms with Gasteiger partial charge in [-0.2, -0.15) is 0 Å². The van der Waals surface area contributed by atoms with Crippen LogP contribution >= 0.6 is 0 Å². The summed E-state index contributed by atoms with van der Waals surface area (Å²) in [6, 6.07) is 0.488. The number of Topliss-reactive ketones (excluding diaryl/α,β-unsaturated/α-hetero) is 1. The number of carbonyl (C=O) groups excluding carboxylic acids is 2. The second-order valence-electron chi connectivity index (χ2n) is 18.3. The number of fused-ring (bicyclic) bond motifs is 4. The van der Waals surface area contributed by atoms with E-state index >= 15 is 0 Å². The Bertz CT molecular complexity index is 1260. The van der Waals surface area contributed by atoms with Crippen molar-refractivity contribution < 1.29 is 39.0 Å². The van der Waals surface area contributed by atoms with Gasteiger partial charge in [0.15, 0.2) is 5.60 Å². The lowest BCUT2D eigenvalue weighted by Gasteiger charge is -2.57. The van der Waals surface area contributed by atoms with Crippen molar-refractivity contribution in [3.8, 4) is 0 Å². The molecule has 1 spiro atoms. The number of quaternary nitrogens is 1. The molecule has 15 atom stereocenters. The number of rotatable bonds is 4. The van der Waals surface area contributed by atoms with Crippen molar-refractivity contribution >= 4 is 11.8 Å². The number of aliphatic hydroxyl groups excluding tert-OH is 1. The number of nitrogens with two attached hydrogens (primary N) is 3. The Morgan fingerprint density at radius 3 is 2.51 bits per heavy atom. The van der Waals surface area contributed by atoms with Crippen molar-refractivity contribution in [2.75, 3.05) is 6.54 Å². The van der Waals surface area contributed by atoms with Crippen molar-refractivity contribution in [3.05, 3.63) is 0 Å². The number of ketones is 1. The second kappa shape index (κ2) is 13.0. The predicted octanol–water partition coefficient (Wildman–Crippen LogP) is 2.01. The molecule has 8 aliphatic rings. The number of hydrogen-bond donors (Lipinski definition) is 5. The fraction of sp³-hybridized carbons (Fsp3) is 0.947. The van der Waals surface area contributed by atoms with Gasteiger partial charge in [-0.05, 0) is 90.0 Å². The summed E-state index contributed by atoms with van der Waals surface area (Å²) in [4.78, 5) is 27.6. The standard InChI is InChI=1S/C38H62N4O7/c1-20-14-25(43)32-26(46-20)18-27-31(33(32)44)23-8-4-5-12-38(35(45)47-34(23)36(2,3)48-27)28(49-38)19-37(10-6-7-11-37)22-16-24(42-30(40)17-22)21-9-13-41-29(39)15-21/h20-24,26-34,41-42,44H,4-19,39-40H2,1-3H3/p+1/t20?,21?,22?,23-,24?,26?,27?,28+,29?,30?,31?,32?,33?,34+,38-/m0/s1. The Balaban J connectivity index is 0.996. The molecule has 2 saturated carbocycles. The van der Waals surface area contributed by atoms with E-state index in [-0.39, 0.29) is 65.8 Å². The molecule has 11 unspecified atom stereocenters. The quantitative estimate of drug-likeness (QED) is 0.217. The molecular formula is C38H63N4O7+. The third-order valence-electron chi connectivity index (χ3n) is 14.8. The van der Waals surface area contributed by atoms with Crippen LogP contribution in [0.5, 0.6) is 0 Å². The molecule has 11 nitrogen and oxygen atoms in total. The summed E-state index contributed by atoms with van der Waals surface area (Å²) in [5, 5.41) is 17.6. The summed E-state index contributed by atoms with van der Waals surface area (Å²) in [6.45, 7) is 6.92. The van der Waals surface area contributed by atoms with Gasteiger partial charge in [0.1, 0.15) is 23.7 Å². The van der Waals surface area contributed by atoms with Gasteiger partial charge in [-0.25, -0.2) is 4.79 Å². The summed E-state index contributed by atoms with van der Waals surface area (Å²) in [5.74, 6) is -0.0323. The van der Waals surface area contributed by atoms with Crippen molar-refractivity contribution in [1.29, 1.82) is 0 Å². The molecule has 6 aliphatic heterocycles. The van der Waals surface area contributed by atoms with Crippen LogP contribution in [0.25, 0.3) is 0 Å². The van der Waals surface area contributed by atoms with Crippen molar-refractivity contribution in [1.82, 2.24) is 5.32 Å². The van der Waals surface area contributed by atoms with Crippen LogP contribution in [0, 0.1) is 35.0 Å². The number of aliphatic hydroxyl groups is 1. The van der Waals surface area contributed by atoms with Gasteiger partial charge in [0.25, 0.3) is 0 Å². The molecule has 8 fully saturated rings. The first-order chi connectivity index (χ1) is 23.4. The average Bonchev–Trinajstić information content (AvgIpc) is 3.48. The first-order valence-corrected chi connectivity index (χ1v) is 19.9. The number of carbonyl (C=O) groups is 2. The first kappa shape index (κ1) is 34.9. The molecular weight excluding hydrogens is 624 g/mol. The lowest BCUT2D eigenvalue weighted by Crippen LogP contribution is -3.00. The van der Waals surface area contributed by atoms with Crippen LogP contribution in [-0.4, -0.2) is 89.6 Å². The van der Waals surface area contributed by atoms with Crippen LogP contribution in [0.1, 0.15) is 117 Å². The second-order valence-corrected chi connectivity index (χ2v) is 18.3. The highest BCUT2D eigenvalue weighted by molar-refractivity contribution is 5.84. The van der Waals surface area contributed by atoms with E-state index in [0.717, 1.165) is 57.9 Å². The van der Waals surface area contributed by atoms with E-state index in [2.05, 4.69) is 10.6 Å². The van der Waals surface area contributed by atoms with Gasteiger partial charge >= 0.3 is 5.97 Å². The number of piperidine rings is 2.